The fourth-order valence-corrected chi connectivity index (χ4v) is 3.70. The van der Waals surface area contributed by atoms with Gasteiger partial charge in [0.1, 0.15) is 5.75 Å². The molecule has 0 aliphatic carbocycles. The third-order valence-electron chi connectivity index (χ3n) is 5.16. The summed E-state index contributed by atoms with van der Waals surface area (Å²) < 4.78 is 12.5. The van der Waals surface area contributed by atoms with Gasteiger partial charge < -0.3 is 9.47 Å². The second-order valence-corrected chi connectivity index (χ2v) is 6.98. The number of hydrogen-bond acceptors (Lipinski definition) is 7. The topological polar surface area (TPSA) is 90.1 Å². The highest BCUT2D eigenvalue weighted by atomic mass is 16.5. The number of pyridine rings is 1. The Kier molecular flexibility index (Phi) is 4.23. The van der Waals surface area contributed by atoms with E-state index in [2.05, 4.69) is 15.4 Å². The molecule has 8 nitrogen and oxygen atoms in total. The van der Waals surface area contributed by atoms with Crippen LogP contribution in [-0.4, -0.2) is 41.5 Å². The summed E-state index contributed by atoms with van der Waals surface area (Å²) in [5.41, 5.74) is 5.49. The average molecular weight is 389 g/mol. The van der Waals surface area contributed by atoms with Crippen molar-refractivity contribution in [2.24, 2.45) is 15.9 Å². The van der Waals surface area contributed by atoms with Crippen molar-refractivity contribution < 1.29 is 14.3 Å². The number of fused-ring (bicyclic) bond motifs is 4. The highest BCUT2D eigenvalue weighted by molar-refractivity contribution is 5.96. The molecule has 29 heavy (non-hydrogen) atoms. The fraction of sp³-hybridized carbons (Fsp3) is 0.238. The number of benzene rings is 1. The number of aromatic nitrogens is 2. The summed E-state index contributed by atoms with van der Waals surface area (Å²) in [6.45, 7) is 0.539. The maximum absolute atomic E-state index is 11.9. The predicted molar refractivity (Wildman–Crippen MR) is 109 cm³/mol. The first-order valence-corrected chi connectivity index (χ1v) is 9.38. The molecular weight excluding hydrogens is 370 g/mol. The number of hydrogen-bond donors (Lipinski definition) is 1. The van der Waals surface area contributed by atoms with Crippen molar-refractivity contribution in [1.29, 1.82) is 0 Å². The molecule has 0 saturated carbocycles. The molecule has 1 N–H and O–H groups in total. The quantitative estimate of drug-likeness (QED) is 0.681. The van der Waals surface area contributed by atoms with Crippen molar-refractivity contribution in [2.45, 2.75) is 12.5 Å². The van der Waals surface area contributed by atoms with Gasteiger partial charge in [0, 0.05) is 35.5 Å². The Labute approximate surface area is 166 Å². The van der Waals surface area contributed by atoms with Gasteiger partial charge in [-0.2, -0.15) is 0 Å². The monoisotopic (exact) mass is 389 g/mol. The van der Waals surface area contributed by atoms with Crippen LogP contribution in [0.4, 0.5) is 0 Å². The van der Waals surface area contributed by atoms with Gasteiger partial charge in [0.2, 0.25) is 5.96 Å². The van der Waals surface area contributed by atoms with Gasteiger partial charge in [-0.1, -0.05) is 6.07 Å². The standard InChI is InChI=1S/C21H19N5O3/c1-28-20(27)13-4-5-16-18(9-13)29-8-6-14-10-23-21(24-19(14)16)25-26-11-15-3-2-7-22-17(15)12-26/h2-5,7,9-12,14,19H,6,8H2,1H3,(H,24,25). The molecular formula is C21H19N5O3. The van der Waals surface area contributed by atoms with Crippen LogP contribution in [0.25, 0.3) is 10.9 Å². The molecule has 0 amide bonds. The lowest BCUT2D eigenvalue weighted by Crippen LogP contribution is -2.27. The van der Waals surface area contributed by atoms with E-state index in [1.165, 1.54) is 7.11 Å². The number of carbonyl (C=O) groups is 1. The van der Waals surface area contributed by atoms with Gasteiger partial charge in [-0.3, -0.25) is 15.1 Å². The number of rotatable bonds is 2. The van der Waals surface area contributed by atoms with Gasteiger partial charge in [0.05, 0.1) is 37.0 Å². The van der Waals surface area contributed by atoms with E-state index in [9.17, 15) is 4.79 Å². The minimum absolute atomic E-state index is 0.135. The van der Waals surface area contributed by atoms with Crippen molar-refractivity contribution >= 4 is 29.0 Å². The molecule has 2 atom stereocenters. The van der Waals surface area contributed by atoms with Gasteiger partial charge >= 0.3 is 5.97 Å². The van der Waals surface area contributed by atoms with E-state index >= 15 is 0 Å². The Hall–Kier alpha value is -3.68. The first kappa shape index (κ1) is 17.4. The maximum Gasteiger partial charge on any atom is 0.337 e. The molecule has 0 radical (unpaired) electrons. The van der Waals surface area contributed by atoms with Crippen molar-refractivity contribution in [1.82, 2.24) is 9.66 Å². The zero-order valence-electron chi connectivity index (χ0n) is 15.8. The summed E-state index contributed by atoms with van der Waals surface area (Å²) >= 11 is 0. The van der Waals surface area contributed by atoms with Crippen LogP contribution in [0.1, 0.15) is 28.4 Å². The Bertz CT molecular complexity index is 1120. The van der Waals surface area contributed by atoms with Gasteiger partial charge in [-0.15, -0.1) is 0 Å². The third-order valence-corrected chi connectivity index (χ3v) is 5.16. The van der Waals surface area contributed by atoms with E-state index in [0.717, 1.165) is 22.9 Å². The molecule has 1 aromatic carbocycles. The summed E-state index contributed by atoms with van der Waals surface area (Å²) in [5, 5.41) is 1.03. The molecule has 5 rings (SSSR count). The van der Waals surface area contributed by atoms with Crippen LogP contribution in [0.15, 0.2) is 58.9 Å². The second-order valence-electron chi connectivity index (χ2n) is 6.98. The van der Waals surface area contributed by atoms with Crippen LogP contribution >= 0.6 is 0 Å². The van der Waals surface area contributed by atoms with Crippen molar-refractivity contribution in [3.63, 3.8) is 0 Å². The van der Waals surface area contributed by atoms with Crippen LogP contribution in [0.5, 0.6) is 5.75 Å². The van der Waals surface area contributed by atoms with Crippen LogP contribution < -0.4 is 10.2 Å². The van der Waals surface area contributed by atoms with Gasteiger partial charge in [0.15, 0.2) is 0 Å². The normalized spacial score (nSPS) is 20.1. The number of esters is 1. The van der Waals surface area contributed by atoms with E-state index in [-0.39, 0.29) is 17.9 Å². The fourth-order valence-electron chi connectivity index (χ4n) is 3.70. The summed E-state index contributed by atoms with van der Waals surface area (Å²) in [6.07, 6.45) is 8.32. The average Bonchev–Trinajstić information content (AvgIpc) is 3.07. The number of guanidine groups is 1. The van der Waals surface area contributed by atoms with E-state index in [0.29, 0.717) is 23.9 Å². The molecule has 146 valence electrons. The lowest BCUT2D eigenvalue weighted by Gasteiger charge is -2.23. The lowest BCUT2D eigenvalue weighted by atomic mass is 9.91. The highest BCUT2D eigenvalue weighted by Gasteiger charge is 2.31. The minimum Gasteiger partial charge on any atom is -0.493 e. The Morgan fingerprint density at radius 3 is 3.10 bits per heavy atom. The number of carbonyl (C=O) groups excluding carboxylic acids is 1. The Balaban J connectivity index is 1.46. The Morgan fingerprint density at radius 2 is 2.24 bits per heavy atom. The molecule has 0 bridgehead atoms. The molecule has 0 spiro atoms. The zero-order chi connectivity index (χ0) is 19.8. The molecule has 2 aromatic heterocycles. The smallest absolute Gasteiger partial charge is 0.337 e. The van der Waals surface area contributed by atoms with Crippen LogP contribution in [0.3, 0.4) is 0 Å². The summed E-state index contributed by atoms with van der Waals surface area (Å²) in [6, 6.07) is 9.12. The molecule has 0 fully saturated rings. The summed E-state index contributed by atoms with van der Waals surface area (Å²) in [7, 11) is 1.37. The largest absolute Gasteiger partial charge is 0.493 e. The number of ether oxygens (including phenoxy) is 2. The number of nitrogens with zero attached hydrogens (tertiary/aromatic N) is 4. The van der Waals surface area contributed by atoms with Gasteiger partial charge in [-0.25, -0.2) is 14.8 Å². The van der Waals surface area contributed by atoms with Crippen LogP contribution in [-0.2, 0) is 4.74 Å². The SMILES string of the molecule is COC(=O)c1ccc2c(c1)OCCC1C=NC(Nn3cc4cccnc4c3)=NC21. The minimum atomic E-state index is -0.387. The molecule has 4 heterocycles. The number of aliphatic imine (C=N–C) groups is 2. The van der Waals surface area contributed by atoms with E-state index in [1.54, 1.807) is 18.3 Å². The summed E-state index contributed by atoms with van der Waals surface area (Å²) in [4.78, 5) is 25.5. The second kappa shape index (κ2) is 7.05. The van der Waals surface area contributed by atoms with Crippen molar-refractivity contribution in [3.8, 4) is 5.75 Å². The molecule has 3 aromatic rings. The Morgan fingerprint density at radius 1 is 1.31 bits per heavy atom. The van der Waals surface area contributed by atoms with Crippen molar-refractivity contribution in [3.05, 3.63) is 60.0 Å². The van der Waals surface area contributed by atoms with E-state index in [4.69, 9.17) is 14.5 Å². The molecule has 2 unspecified atom stereocenters. The number of methoxy groups -OCH3 is 1. The van der Waals surface area contributed by atoms with Crippen LogP contribution in [0.2, 0.25) is 0 Å². The van der Waals surface area contributed by atoms with Crippen LogP contribution in [0, 0.1) is 5.92 Å². The van der Waals surface area contributed by atoms with Gasteiger partial charge in [-0.05, 0) is 30.7 Å². The predicted octanol–water partition coefficient (Wildman–Crippen LogP) is 2.95. The highest BCUT2D eigenvalue weighted by Crippen LogP contribution is 2.39. The maximum atomic E-state index is 11.9. The first-order valence-electron chi connectivity index (χ1n) is 9.38. The van der Waals surface area contributed by atoms with E-state index in [1.807, 2.05) is 41.5 Å². The molecule has 2 aliphatic rings. The zero-order valence-corrected chi connectivity index (χ0v) is 15.8. The summed E-state index contributed by atoms with van der Waals surface area (Å²) in [5.74, 6) is 0.920. The molecule has 2 aliphatic heterocycles. The van der Waals surface area contributed by atoms with Gasteiger partial charge in [0.25, 0.3) is 0 Å². The third kappa shape index (κ3) is 3.22. The van der Waals surface area contributed by atoms with Crippen molar-refractivity contribution in [2.75, 3.05) is 19.1 Å². The lowest BCUT2D eigenvalue weighted by molar-refractivity contribution is 0.0600. The number of nitrogens with one attached hydrogen (secondary N) is 1. The first-order chi connectivity index (χ1) is 14.2. The van der Waals surface area contributed by atoms with E-state index < -0.39 is 0 Å². The molecule has 0 saturated heterocycles. The molecule has 8 heteroatoms.